The fourth-order valence-electron chi connectivity index (χ4n) is 4.04. The maximum Gasteiger partial charge on any atom is 0.244 e. The van der Waals surface area contributed by atoms with Gasteiger partial charge in [-0.1, -0.05) is 23.2 Å². The average molecular weight is 489 g/mol. The molecule has 4 rings (SSSR count). The van der Waals surface area contributed by atoms with Crippen LogP contribution in [-0.2, 0) is 11.3 Å². The van der Waals surface area contributed by atoms with Crippen molar-refractivity contribution in [2.24, 2.45) is 0 Å². The van der Waals surface area contributed by atoms with Gasteiger partial charge in [0.1, 0.15) is 12.2 Å². The lowest BCUT2D eigenvalue weighted by Gasteiger charge is -2.41. The predicted octanol–water partition coefficient (Wildman–Crippen LogP) is 3.24. The molecule has 1 N–H and O–H groups in total. The summed E-state index contributed by atoms with van der Waals surface area (Å²) in [5, 5.41) is 14.9. The van der Waals surface area contributed by atoms with Gasteiger partial charge >= 0.3 is 0 Å². The maximum absolute atomic E-state index is 13.1. The minimum absolute atomic E-state index is 0.0263. The van der Waals surface area contributed by atoms with Crippen molar-refractivity contribution in [1.29, 1.82) is 0 Å². The van der Waals surface area contributed by atoms with Gasteiger partial charge in [0.05, 0.1) is 15.7 Å². The van der Waals surface area contributed by atoms with Gasteiger partial charge in [-0.05, 0) is 32.0 Å². The zero-order chi connectivity index (χ0) is 23.7. The smallest absolute Gasteiger partial charge is 0.244 e. The molecule has 0 bridgehead atoms. The lowest BCUT2D eigenvalue weighted by atomic mass is 10.1. The molecule has 1 fully saturated rings. The molecule has 1 saturated heterocycles. The highest BCUT2D eigenvalue weighted by atomic mass is 35.5. The number of hydrogen-bond donors (Lipinski definition) is 1. The van der Waals surface area contributed by atoms with Crippen LogP contribution < -0.4 is 9.63 Å². The van der Waals surface area contributed by atoms with Crippen molar-refractivity contribution in [3.8, 4) is 11.3 Å². The molecule has 0 saturated carbocycles. The van der Waals surface area contributed by atoms with Crippen LogP contribution in [0.3, 0.4) is 0 Å². The number of anilines is 1. The van der Waals surface area contributed by atoms with E-state index in [9.17, 15) is 14.8 Å². The molecule has 0 spiro atoms. The zero-order valence-electron chi connectivity index (χ0n) is 18.3. The first kappa shape index (κ1) is 23.1. The largest absolute Gasteiger partial charge is 0.368 e. The van der Waals surface area contributed by atoms with E-state index in [4.69, 9.17) is 23.2 Å². The van der Waals surface area contributed by atoms with Crippen molar-refractivity contribution >= 4 is 41.1 Å². The molecule has 0 aliphatic carbocycles. The van der Waals surface area contributed by atoms with E-state index in [1.165, 1.54) is 12.4 Å². The van der Waals surface area contributed by atoms with E-state index in [2.05, 4.69) is 10.00 Å². The number of carbonyl (C=O) groups is 2. The van der Waals surface area contributed by atoms with Gasteiger partial charge in [-0.25, -0.2) is 0 Å². The molecule has 1 aliphatic rings. The SMILES string of the molecule is Cc1c(Cl)c(-c2cc[n+](O)cc2)nn1CC(=O)N1CCN(c2ccc(Cl)c(C=O)c2)C[C@@H]1C. The molecule has 1 aliphatic heterocycles. The maximum atomic E-state index is 13.1. The Bertz CT molecular complexity index is 1200. The van der Waals surface area contributed by atoms with Gasteiger partial charge < -0.3 is 9.80 Å². The lowest BCUT2D eigenvalue weighted by Crippen LogP contribution is -2.54. The second kappa shape index (κ2) is 9.41. The number of hydrogen-bond acceptors (Lipinski definition) is 5. The number of pyridine rings is 1. The number of aldehydes is 1. The van der Waals surface area contributed by atoms with Crippen molar-refractivity contribution < 1.29 is 19.5 Å². The number of amides is 1. The van der Waals surface area contributed by atoms with Gasteiger partial charge in [0.2, 0.25) is 18.3 Å². The van der Waals surface area contributed by atoms with Crippen LogP contribution in [0.4, 0.5) is 5.69 Å². The van der Waals surface area contributed by atoms with E-state index in [1.54, 1.807) is 28.9 Å². The summed E-state index contributed by atoms with van der Waals surface area (Å²) in [5.41, 5.74) is 3.38. The Balaban J connectivity index is 1.46. The fourth-order valence-corrected chi connectivity index (χ4v) is 4.45. The molecule has 172 valence electrons. The molecule has 3 heterocycles. The third-order valence-electron chi connectivity index (χ3n) is 5.93. The first-order chi connectivity index (χ1) is 15.8. The van der Waals surface area contributed by atoms with Gasteiger partial charge in [-0.2, -0.15) is 5.10 Å². The number of nitrogens with zero attached hydrogens (tertiary/aromatic N) is 5. The third kappa shape index (κ3) is 4.67. The molecule has 2 aromatic heterocycles. The Morgan fingerprint density at radius 2 is 1.97 bits per heavy atom. The monoisotopic (exact) mass is 488 g/mol. The van der Waals surface area contributed by atoms with Crippen molar-refractivity contribution in [3.63, 3.8) is 0 Å². The highest BCUT2D eigenvalue weighted by Gasteiger charge is 2.29. The number of aromatic nitrogens is 3. The van der Waals surface area contributed by atoms with Crippen LogP contribution in [-0.4, -0.2) is 57.8 Å². The molecular formula is C23H24Cl2N5O3+. The zero-order valence-corrected chi connectivity index (χ0v) is 19.8. The molecule has 1 atom stereocenters. The van der Waals surface area contributed by atoms with E-state index >= 15 is 0 Å². The second-order valence-corrected chi connectivity index (χ2v) is 8.86. The number of benzene rings is 1. The summed E-state index contributed by atoms with van der Waals surface area (Å²) in [6.07, 6.45) is 3.73. The van der Waals surface area contributed by atoms with Crippen LogP contribution in [0, 0.1) is 6.92 Å². The van der Waals surface area contributed by atoms with Gasteiger partial charge in [-0.15, -0.1) is 0 Å². The summed E-state index contributed by atoms with van der Waals surface area (Å²) >= 11 is 12.5. The highest BCUT2D eigenvalue weighted by molar-refractivity contribution is 6.33. The summed E-state index contributed by atoms with van der Waals surface area (Å²) in [6, 6.07) is 8.76. The summed E-state index contributed by atoms with van der Waals surface area (Å²) in [7, 11) is 0. The Hall–Kier alpha value is -3.10. The van der Waals surface area contributed by atoms with Crippen LogP contribution in [0.25, 0.3) is 11.3 Å². The first-order valence-electron chi connectivity index (χ1n) is 10.5. The fraction of sp³-hybridized carbons (Fsp3) is 0.304. The van der Waals surface area contributed by atoms with Crippen LogP contribution in [0.2, 0.25) is 10.0 Å². The number of rotatable bonds is 5. The Labute approximate surface area is 201 Å². The lowest BCUT2D eigenvalue weighted by molar-refractivity contribution is -0.904. The molecule has 1 amide bonds. The van der Waals surface area contributed by atoms with E-state index in [0.717, 1.165) is 22.3 Å². The first-order valence-corrected chi connectivity index (χ1v) is 11.3. The Kier molecular flexibility index (Phi) is 6.58. The molecular weight excluding hydrogens is 465 g/mol. The summed E-state index contributed by atoms with van der Waals surface area (Å²) in [5.74, 6) is -0.0399. The number of halogens is 2. The molecule has 1 aromatic carbocycles. The van der Waals surface area contributed by atoms with Crippen molar-refractivity contribution in [2.45, 2.75) is 26.4 Å². The number of carbonyl (C=O) groups excluding carboxylic acids is 2. The van der Waals surface area contributed by atoms with Gasteiger partial charge in [0, 0.05) is 59.4 Å². The van der Waals surface area contributed by atoms with Crippen LogP contribution in [0.5, 0.6) is 0 Å². The van der Waals surface area contributed by atoms with Crippen molar-refractivity contribution in [1.82, 2.24) is 14.7 Å². The second-order valence-electron chi connectivity index (χ2n) is 8.08. The van der Waals surface area contributed by atoms with E-state index in [0.29, 0.717) is 46.6 Å². The van der Waals surface area contributed by atoms with Crippen LogP contribution in [0.15, 0.2) is 42.7 Å². The molecule has 33 heavy (non-hydrogen) atoms. The van der Waals surface area contributed by atoms with Gasteiger partial charge in [0.15, 0.2) is 6.29 Å². The normalized spacial score (nSPS) is 16.2. The van der Waals surface area contributed by atoms with Crippen LogP contribution in [0.1, 0.15) is 23.0 Å². The van der Waals surface area contributed by atoms with E-state index in [-0.39, 0.29) is 18.5 Å². The van der Waals surface area contributed by atoms with Crippen molar-refractivity contribution in [2.75, 3.05) is 24.5 Å². The van der Waals surface area contributed by atoms with Gasteiger partial charge in [0.25, 0.3) is 0 Å². The van der Waals surface area contributed by atoms with E-state index < -0.39 is 0 Å². The van der Waals surface area contributed by atoms with Crippen molar-refractivity contribution in [3.05, 3.63) is 64.0 Å². The standard InChI is InChI=1S/C23H24Cl2N5O3/c1-15-12-27(19-3-4-20(24)18(11-19)14-31)9-10-29(15)21(32)13-30-16(2)22(25)23(26-30)17-5-7-28(33)8-6-17/h3-8,11,14-15,33H,9-10,12-13H2,1-2H3/q+1/t15-/m0/s1. The Morgan fingerprint density at radius 3 is 2.64 bits per heavy atom. The van der Waals surface area contributed by atoms with E-state index in [1.807, 2.05) is 24.8 Å². The molecule has 0 unspecified atom stereocenters. The number of piperazine rings is 1. The molecule has 0 radical (unpaired) electrons. The average Bonchev–Trinajstić information content (AvgIpc) is 3.08. The predicted molar refractivity (Wildman–Crippen MR) is 125 cm³/mol. The third-order valence-corrected chi connectivity index (χ3v) is 6.72. The minimum Gasteiger partial charge on any atom is -0.368 e. The molecule has 10 heteroatoms. The summed E-state index contributed by atoms with van der Waals surface area (Å²) in [4.78, 5) is 28.3. The highest BCUT2D eigenvalue weighted by Crippen LogP contribution is 2.29. The molecule has 3 aromatic rings. The topological polar surface area (TPSA) is 82.6 Å². The van der Waals surface area contributed by atoms with Crippen LogP contribution >= 0.6 is 23.2 Å². The summed E-state index contributed by atoms with van der Waals surface area (Å²) in [6.45, 7) is 5.75. The summed E-state index contributed by atoms with van der Waals surface area (Å²) < 4.78 is 2.56. The van der Waals surface area contributed by atoms with Gasteiger partial charge in [-0.3, -0.25) is 19.5 Å². The minimum atomic E-state index is -0.0399. The Morgan fingerprint density at radius 1 is 1.24 bits per heavy atom. The quantitative estimate of drug-likeness (QED) is 0.338. The molecule has 8 nitrogen and oxygen atoms in total.